The molecule has 0 aliphatic rings. The molecule has 0 aliphatic carbocycles. The van der Waals surface area contributed by atoms with E-state index in [1.807, 2.05) is 0 Å². The van der Waals surface area contributed by atoms with Crippen molar-refractivity contribution in [2.45, 2.75) is 6.92 Å². The van der Waals surface area contributed by atoms with E-state index in [0.29, 0.717) is 17.4 Å². The van der Waals surface area contributed by atoms with Crippen LogP contribution in [0.1, 0.15) is 22.8 Å². The third-order valence-corrected chi connectivity index (χ3v) is 2.26. The van der Waals surface area contributed by atoms with Crippen molar-refractivity contribution < 1.29 is 19.1 Å². The van der Waals surface area contributed by atoms with E-state index in [0.717, 1.165) is 0 Å². The van der Waals surface area contributed by atoms with Crippen LogP contribution in [0.25, 0.3) is 6.08 Å². The summed E-state index contributed by atoms with van der Waals surface area (Å²) in [7, 11) is 0. The zero-order chi connectivity index (χ0) is 14.1. The molecule has 5 nitrogen and oxygen atoms in total. The topological polar surface area (TPSA) is 72.5 Å². The van der Waals surface area contributed by atoms with Gasteiger partial charge in [0.25, 0.3) is 5.91 Å². The average Bonchev–Trinajstić information content (AvgIpc) is 2.43. The van der Waals surface area contributed by atoms with Crippen molar-refractivity contribution in [3.05, 3.63) is 41.5 Å². The molecule has 1 aromatic rings. The minimum absolute atomic E-state index is 0.182. The zero-order valence-corrected chi connectivity index (χ0v) is 10.6. The van der Waals surface area contributed by atoms with Gasteiger partial charge in [-0.1, -0.05) is 24.3 Å². The summed E-state index contributed by atoms with van der Waals surface area (Å²) in [4.78, 5) is 33.3. The lowest BCUT2D eigenvalue weighted by Crippen LogP contribution is -2.31. The molecule has 0 radical (unpaired) electrons. The highest BCUT2D eigenvalue weighted by Gasteiger charge is 2.10. The molecule has 19 heavy (non-hydrogen) atoms. The van der Waals surface area contributed by atoms with Gasteiger partial charge in [0.05, 0.1) is 6.61 Å². The Hall–Kier alpha value is -2.43. The van der Waals surface area contributed by atoms with E-state index >= 15 is 0 Å². The number of hydrogen-bond donors (Lipinski definition) is 1. The number of allylic oxidation sites excluding steroid dienone is 1. The Morgan fingerprint density at radius 3 is 2.74 bits per heavy atom. The molecule has 1 amide bonds. The van der Waals surface area contributed by atoms with Crippen molar-refractivity contribution in [2.24, 2.45) is 0 Å². The highest BCUT2D eigenvalue weighted by molar-refractivity contribution is 5.99. The molecule has 1 aromatic carbocycles. The lowest BCUT2D eigenvalue weighted by atomic mass is 10.1. The number of ether oxygens (including phenoxy) is 1. The van der Waals surface area contributed by atoms with Crippen LogP contribution >= 0.6 is 0 Å². The predicted molar refractivity (Wildman–Crippen MR) is 70.5 cm³/mol. The molecule has 0 atom stereocenters. The summed E-state index contributed by atoms with van der Waals surface area (Å²) in [6, 6.07) is 6.79. The fraction of sp³-hybridized carbons (Fsp3) is 0.214. The van der Waals surface area contributed by atoms with Gasteiger partial charge >= 0.3 is 5.97 Å². The molecule has 0 aromatic heterocycles. The van der Waals surface area contributed by atoms with E-state index in [1.165, 1.54) is 12.2 Å². The number of carbonyl (C=O) groups excluding carboxylic acids is 3. The Kier molecular flexibility index (Phi) is 6.02. The van der Waals surface area contributed by atoms with Gasteiger partial charge in [0.2, 0.25) is 0 Å². The van der Waals surface area contributed by atoms with Gasteiger partial charge in [0, 0.05) is 5.56 Å². The lowest BCUT2D eigenvalue weighted by Gasteiger charge is -2.07. The van der Waals surface area contributed by atoms with Crippen LogP contribution in [0.2, 0.25) is 0 Å². The number of esters is 1. The Morgan fingerprint density at radius 1 is 1.32 bits per heavy atom. The molecule has 0 saturated carbocycles. The molecular weight excluding hydrogens is 246 g/mol. The summed E-state index contributed by atoms with van der Waals surface area (Å²) in [6.07, 6.45) is 3.47. The van der Waals surface area contributed by atoms with E-state index in [9.17, 15) is 14.4 Å². The van der Waals surface area contributed by atoms with Crippen molar-refractivity contribution in [2.75, 3.05) is 13.2 Å². The van der Waals surface area contributed by atoms with Gasteiger partial charge in [-0.05, 0) is 24.6 Å². The molecule has 0 aliphatic heterocycles. The summed E-state index contributed by atoms with van der Waals surface area (Å²) in [5.41, 5.74) is 1.00. The molecule has 1 rings (SSSR count). The minimum atomic E-state index is -0.489. The summed E-state index contributed by atoms with van der Waals surface area (Å²) in [5.74, 6) is -0.879. The van der Waals surface area contributed by atoms with Crippen molar-refractivity contribution >= 4 is 24.2 Å². The minimum Gasteiger partial charge on any atom is -0.465 e. The van der Waals surface area contributed by atoms with Crippen LogP contribution in [0.3, 0.4) is 0 Å². The maximum absolute atomic E-state index is 11.9. The Labute approximate surface area is 111 Å². The molecule has 0 unspecified atom stereocenters. The van der Waals surface area contributed by atoms with Crippen molar-refractivity contribution in [3.8, 4) is 0 Å². The lowest BCUT2D eigenvalue weighted by molar-refractivity contribution is -0.141. The van der Waals surface area contributed by atoms with Gasteiger partial charge in [-0.2, -0.15) is 0 Å². The number of carbonyl (C=O) groups is 3. The van der Waals surface area contributed by atoms with E-state index in [1.54, 1.807) is 31.2 Å². The molecular formula is C14H15NO4. The third-order valence-electron chi connectivity index (χ3n) is 2.26. The highest BCUT2D eigenvalue weighted by atomic mass is 16.5. The number of rotatable bonds is 6. The second-order valence-electron chi connectivity index (χ2n) is 3.57. The molecule has 0 fully saturated rings. The molecule has 0 saturated heterocycles. The monoisotopic (exact) mass is 261 g/mol. The second kappa shape index (κ2) is 7.81. The first kappa shape index (κ1) is 14.6. The van der Waals surface area contributed by atoms with E-state index in [4.69, 9.17) is 4.74 Å². The molecule has 0 heterocycles. The van der Waals surface area contributed by atoms with Gasteiger partial charge in [-0.25, -0.2) is 0 Å². The van der Waals surface area contributed by atoms with Gasteiger partial charge < -0.3 is 10.1 Å². The molecule has 0 spiro atoms. The Morgan fingerprint density at radius 2 is 2.05 bits per heavy atom. The van der Waals surface area contributed by atoms with Crippen LogP contribution in [0.15, 0.2) is 30.3 Å². The van der Waals surface area contributed by atoms with E-state index < -0.39 is 5.97 Å². The fourth-order valence-electron chi connectivity index (χ4n) is 1.45. The SMILES string of the molecule is CCOC(=O)CNC(=O)c1ccccc1/C=C/C=O. The highest BCUT2D eigenvalue weighted by Crippen LogP contribution is 2.10. The molecule has 5 heteroatoms. The quantitative estimate of drug-likeness (QED) is 0.474. The summed E-state index contributed by atoms with van der Waals surface area (Å²) >= 11 is 0. The first-order chi connectivity index (χ1) is 9.19. The third kappa shape index (κ3) is 4.75. The number of nitrogens with one attached hydrogen (secondary N) is 1. The number of hydrogen-bond acceptors (Lipinski definition) is 4. The van der Waals surface area contributed by atoms with Crippen LogP contribution in [-0.2, 0) is 14.3 Å². The first-order valence-corrected chi connectivity index (χ1v) is 5.83. The van der Waals surface area contributed by atoms with Gasteiger partial charge in [0.1, 0.15) is 12.8 Å². The second-order valence-corrected chi connectivity index (χ2v) is 3.57. The van der Waals surface area contributed by atoms with Crippen molar-refractivity contribution in [1.82, 2.24) is 5.32 Å². The standard InChI is InChI=1S/C14H15NO4/c1-2-19-13(17)10-15-14(18)12-8-4-3-6-11(12)7-5-9-16/h3-9H,2,10H2,1H3,(H,15,18)/b7-5+. The number of benzene rings is 1. The van der Waals surface area contributed by atoms with Crippen molar-refractivity contribution in [3.63, 3.8) is 0 Å². The van der Waals surface area contributed by atoms with Crippen LogP contribution in [0.4, 0.5) is 0 Å². The van der Waals surface area contributed by atoms with Gasteiger partial charge in [0.15, 0.2) is 0 Å². The normalized spacial score (nSPS) is 10.2. The zero-order valence-electron chi connectivity index (χ0n) is 10.6. The van der Waals surface area contributed by atoms with Crippen LogP contribution in [-0.4, -0.2) is 31.3 Å². The Balaban J connectivity index is 2.73. The van der Waals surface area contributed by atoms with Gasteiger partial charge in [-0.15, -0.1) is 0 Å². The molecule has 0 bridgehead atoms. The van der Waals surface area contributed by atoms with E-state index in [-0.39, 0.29) is 19.1 Å². The van der Waals surface area contributed by atoms with E-state index in [2.05, 4.69) is 5.32 Å². The van der Waals surface area contributed by atoms with Crippen LogP contribution in [0.5, 0.6) is 0 Å². The summed E-state index contributed by atoms with van der Waals surface area (Å²) in [5, 5.41) is 2.46. The molecule has 100 valence electrons. The maximum atomic E-state index is 11.9. The van der Waals surface area contributed by atoms with Crippen LogP contribution in [0, 0.1) is 0 Å². The maximum Gasteiger partial charge on any atom is 0.325 e. The average molecular weight is 261 g/mol. The Bertz CT molecular complexity index is 494. The summed E-state index contributed by atoms with van der Waals surface area (Å²) < 4.78 is 4.71. The summed E-state index contributed by atoms with van der Waals surface area (Å²) in [6.45, 7) is 1.78. The predicted octanol–water partition coefficient (Wildman–Crippen LogP) is 1.19. The fourth-order valence-corrected chi connectivity index (χ4v) is 1.45. The number of amides is 1. The van der Waals surface area contributed by atoms with Crippen LogP contribution < -0.4 is 5.32 Å². The van der Waals surface area contributed by atoms with Gasteiger partial charge in [-0.3, -0.25) is 14.4 Å². The smallest absolute Gasteiger partial charge is 0.325 e. The molecule has 1 N–H and O–H groups in total. The largest absolute Gasteiger partial charge is 0.465 e. The van der Waals surface area contributed by atoms with Crippen molar-refractivity contribution in [1.29, 1.82) is 0 Å². The number of aldehydes is 1. The first-order valence-electron chi connectivity index (χ1n) is 5.83.